The fourth-order valence-electron chi connectivity index (χ4n) is 2.98. The minimum atomic E-state index is 0.0419. The van der Waals surface area contributed by atoms with E-state index in [0.717, 1.165) is 35.0 Å². The first kappa shape index (κ1) is 18.5. The lowest BCUT2D eigenvalue weighted by Gasteiger charge is -2.21. The van der Waals surface area contributed by atoms with Gasteiger partial charge in [-0.05, 0) is 49.2 Å². The Labute approximate surface area is 168 Å². The van der Waals surface area contributed by atoms with Gasteiger partial charge in [0.05, 0.1) is 19.3 Å². The van der Waals surface area contributed by atoms with Gasteiger partial charge in [-0.2, -0.15) is 0 Å². The molecule has 28 heavy (non-hydrogen) atoms. The third-order valence-electron chi connectivity index (χ3n) is 4.62. The molecular formula is C22H22N2O3S. The molecule has 2 aromatic carbocycles. The Balaban J connectivity index is 1.41. The van der Waals surface area contributed by atoms with Gasteiger partial charge in [0.1, 0.15) is 23.1 Å². The van der Waals surface area contributed by atoms with Crippen molar-refractivity contribution in [3.05, 3.63) is 76.2 Å². The molecule has 0 radical (unpaired) electrons. The molecule has 4 rings (SSSR count). The molecule has 1 aliphatic carbocycles. The first-order valence-corrected chi connectivity index (χ1v) is 10.2. The Bertz CT molecular complexity index is 920. The van der Waals surface area contributed by atoms with Gasteiger partial charge in [-0.3, -0.25) is 4.79 Å². The van der Waals surface area contributed by atoms with Crippen LogP contribution in [0.5, 0.6) is 11.5 Å². The van der Waals surface area contributed by atoms with Crippen LogP contribution in [0.1, 0.15) is 33.9 Å². The minimum Gasteiger partial charge on any atom is -0.497 e. The first-order chi connectivity index (χ1) is 13.7. The molecule has 0 saturated heterocycles. The first-order valence-electron chi connectivity index (χ1n) is 9.29. The molecule has 0 aliphatic heterocycles. The molecule has 0 bridgehead atoms. The summed E-state index contributed by atoms with van der Waals surface area (Å²) in [5.74, 6) is 1.62. The Morgan fingerprint density at radius 2 is 1.86 bits per heavy atom. The quantitative estimate of drug-likeness (QED) is 0.563. The highest BCUT2D eigenvalue weighted by atomic mass is 32.1. The molecule has 1 saturated carbocycles. The number of rotatable bonds is 8. The van der Waals surface area contributed by atoms with Gasteiger partial charge in [0.25, 0.3) is 5.91 Å². The second-order valence-electron chi connectivity index (χ2n) is 6.73. The SMILES string of the molecule is COc1ccc(C(=O)N(Cc2csc(COc3ccccc3)n2)C2CC2)cc1. The normalized spacial score (nSPS) is 13.2. The zero-order valence-corrected chi connectivity index (χ0v) is 16.5. The van der Waals surface area contributed by atoms with Crippen molar-refractivity contribution >= 4 is 17.2 Å². The molecule has 0 N–H and O–H groups in total. The van der Waals surface area contributed by atoms with Crippen LogP contribution in [0.25, 0.3) is 0 Å². The van der Waals surface area contributed by atoms with Crippen LogP contribution in [0.3, 0.4) is 0 Å². The second kappa shape index (κ2) is 8.44. The number of hydrogen-bond acceptors (Lipinski definition) is 5. The van der Waals surface area contributed by atoms with Gasteiger partial charge in [0.2, 0.25) is 0 Å². The lowest BCUT2D eigenvalue weighted by molar-refractivity contribution is 0.0728. The Morgan fingerprint density at radius 3 is 2.54 bits per heavy atom. The number of methoxy groups -OCH3 is 1. The monoisotopic (exact) mass is 394 g/mol. The van der Waals surface area contributed by atoms with E-state index in [9.17, 15) is 4.79 Å². The van der Waals surface area contributed by atoms with Gasteiger partial charge in [-0.25, -0.2) is 4.98 Å². The van der Waals surface area contributed by atoms with E-state index in [0.29, 0.717) is 24.8 Å². The highest BCUT2D eigenvalue weighted by molar-refractivity contribution is 7.09. The van der Waals surface area contributed by atoms with Gasteiger partial charge >= 0.3 is 0 Å². The Morgan fingerprint density at radius 1 is 1.11 bits per heavy atom. The average Bonchev–Trinajstić information content (AvgIpc) is 3.49. The zero-order chi connectivity index (χ0) is 19.3. The van der Waals surface area contributed by atoms with Crippen molar-refractivity contribution in [2.75, 3.05) is 7.11 Å². The van der Waals surface area contributed by atoms with E-state index < -0.39 is 0 Å². The van der Waals surface area contributed by atoms with Crippen molar-refractivity contribution in [3.8, 4) is 11.5 Å². The van der Waals surface area contributed by atoms with Crippen molar-refractivity contribution in [1.82, 2.24) is 9.88 Å². The molecule has 144 valence electrons. The Hall–Kier alpha value is -2.86. The zero-order valence-electron chi connectivity index (χ0n) is 15.7. The molecule has 1 aromatic heterocycles. The number of amides is 1. The third kappa shape index (κ3) is 4.51. The van der Waals surface area contributed by atoms with E-state index >= 15 is 0 Å². The topological polar surface area (TPSA) is 51.7 Å². The number of carbonyl (C=O) groups excluding carboxylic acids is 1. The van der Waals surface area contributed by atoms with E-state index in [-0.39, 0.29) is 5.91 Å². The molecule has 0 unspecified atom stereocenters. The third-order valence-corrected chi connectivity index (χ3v) is 5.49. The Kier molecular flexibility index (Phi) is 5.58. The summed E-state index contributed by atoms with van der Waals surface area (Å²) in [6.45, 7) is 0.960. The summed E-state index contributed by atoms with van der Waals surface area (Å²) in [6, 6.07) is 17.3. The van der Waals surface area contributed by atoms with Crippen LogP contribution < -0.4 is 9.47 Å². The summed E-state index contributed by atoms with van der Waals surface area (Å²) in [4.78, 5) is 19.6. The molecule has 6 heteroatoms. The van der Waals surface area contributed by atoms with Crippen molar-refractivity contribution < 1.29 is 14.3 Å². The number of nitrogens with zero attached hydrogens (tertiary/aromatic N) is 2. The maximum Gasteiger partial charge on any atom is 0.254 e. The fourth-order valence-corrected chi connectivity index (χ4v) is 3.67. The standard InChI is InChI=1S/C22H22N2O3S/c1-26-19-11-7-16(8-12-19)22(25)24(18-9-10-18)13-17-15-28-21(23-17)14-27-20-5-3-2-4-6-20/h2-8,11-12,15,18H,9-10,13-14H2,1H3. The van der Waals surface area contributed by atoms with Gasteiger partial charge in [-0.1, -0.05) is 18.2 Å². The van der Waals surface area contributed by atoms with Crippen LogP contribution in [0, 0.1) is 0 Å². The fraction of sp³-hybridized carbons (Fsp3) is 0.273. The maximum absolute atomic E-state index is 13.0. The predicted octanol–water partition coefficient (Wildman–Crippen LogP) is 4.54. The number of thiazole rings is 1. The number of ether oxygens (including phenoxy) is 2. The van der Waals surface area contributed by atoms with Gasteiger partial charge < -0.3 is 14.4 Å². The van der Waals surface area contributed by atoms with Crippen LogP contribution in [0.4, 0.5) is 0 Å². The van der Waals surface area contributed by atoms with Crippen LogP contribution in [0.15, 0.2) is 60.0 Å². The smallest absolute Gasteiger partial charge is 0.254 e. The molecule has 5 nitrogen and oxygen atoms in total. The van der Waals surface area contributed by atoms with Gasteiger partial charge in [-0.15, -0.1) is 11.3 Å². The lowest BCUT2D eigenvalue weighted by Crippen LogP contribution is -2.32. The summed E-state index contributed by atoms with van der Waals surface area (Å²) in [5, 5.41) is 2.92. The molecule has 0 atom stereocenters. The summed E-state index contributed by atoms with van der Waals surface area (Å²) < 4.78 is 10.9. The van der Waals surface area contributed by atoms with Crippen molar-refractivity contribution in [1.29, 1.82) is 0 Å². The number of aromatic nitrogens is 1. The summed E-state index contributed by atoms with van der Waals surface area (Å²) in [5.41, 5.74) is 1.58. The predicted molar refractivity (Wildman–Crippen MR) is 109 cm³/mol. The number of hydrogen-bond donors (Lipinski definition) is 0. The molecular weight excluding hydrogens is 372 g/mol. The van der Waals surface area contributed by atoms with Crippen molar-refractivity contribution in [3.63, 3.8) is 0 Å². The van der Waals surface area contributed by atoms with Gasteiger partial charge in [0.15, 0.2) is 0 Å². The molecule has 3 aromatic rings. The summed E-state index contributed by atoms with van der Waals surface area (Å²) in [7, 11) is 1.62. The lowest BCUT2D eigenvalue weighted by atomic mass is 10.2. The molecule has 1 aliphatic rings. The molecule has 0 spiro atoms. The largest absolute Gasteiger partial charge is 0.497 e. The van der Waals surface area contributed by atoms with Crippen LogP contribution >= 0.6 is 11.3 Å². The highest BCUT2D eigenvalue weighted by Crippen LogP contribution is 2.30. The average molecular weight is 394 g/mol. The van der Waals surface area contributed by atoms with Crippen LogP contribution in [0.2, 0.25) is 0 Å². The van der Waals surface area contributed by atoms with E-state index in [4.69, 9.17) is 9.47 Å². The van der Waals surface area contributed by atoms with Crippen molar-refractivity contribution in [2.24, 2.45) is 0 Å². The number of benzene rings is 2. The maximum atomic E-state index is 13.0. The van der Waals surface area contributed by atoms with E-state index in [1.54, 1.807) is 18.4 Å². The molecule has 1 amide bonds. The second-order valence-corrected chi connectivity index (χ2v) is 7.67. The van der Waals surface area contributed by atoms with Crippen LogP contribution in [-0.4, -0.2) is 28.9 Å². The van der Waals surface area contributed by atoms with Crippen LogP contribution in [-0.2, 0) is 13.2 Å². The van der Waals surface area contributed by atoms with Gasteiger partial charge in [0, 0.05) is 17.0 Å². The van der Waals surface area contributed by atoms with E-state index in [1.165, 1.54) is 0 Å². The van der Waals surface area contributed by atoms with Crippen molar-refractivity contribution in [2.45, 2.75) is 32.0 Å². The molecule has 1 fully saturated rings. The summed E-state index contributed by atoms with van der Waals surface area (Å²) in [6.07, 6.45) is 2.10. The summed E-state index contributed by atoms with van der Waals surface area (Å²) >= 11 is 1.56. The highest BCUT2D eigenvalue weighted by Gasteiger charge is 2.33. The number of para-hydroxylation sites is 1. The van der Waals surface area contributed by atoms with E-state index in [2.05, 4.69) is 4.98 Å². The molecule has 1 heterocycles. The van der Waals surface area contributed by atoms with E-state index in [1.807, 2.05) is 64.9 Å². The minimum absolute atomic E-state index is 0.0419. The number of carbonyl (C=O) groups is 1.